The fourth-order valence-corrected chi connectivity index (χ4v) is 2.01. The second-order valence-corrected chi connectivity index (χ2v) is 4.05. The molecule has 1 saturated heterocycles. The summed E-state index contributed by atoms with van der Waals surface area (Å²) in [7, 11) is 2.14. The van der Waals surface area contributed by atoms with Crippen molar-refractivity contribution in [1.29, 1.82) is 0 Å². The van der Waals surface area contributed by atoms with Gasteiger partial charge in [0.25, 0.3) is 0 Å². The minimum absolute atomic E-state index is 0.399. The van der Waals surface area contributed by atoms with Crippen LogP contribution < -0.4 is 0 Å². The Balaban J connectivity index is 2.15. The van der Waals surface area contributed by atoms with Gasteiger partial charge in [-0.15, -0.1) is 11.6 Å². The first-order valence-corrected chi connectivity index (χ1v) is 5.39. The van der Waals surface area contributed by atoms with E-state index in [2.05, 4.69) is 21.9 Å². The van der Waals surface area contributed by atoms with Crippen LogP contribution in [0.5, 0.6) is 0 Å². The van der Waals surface area contributed by atoms with Crippen molar-refractivity contribution in [2.24, 2.45) is 0 Å². The smallest absolute Gasteiger partial charge is 0.143 e. The number of nitrogens with zero attached hydrogens (tertiary/aromatic N) is 3. The Morgan fingerprint density at radius 3 is 3.14 bits per heavy atom. The van der Waals surface area contributed by atoms with Crippen molar-refractivity contribution in [2.75, 3.05) is 20.1 Å². The summed E-state index contributed by atoms with van der Waals surface area (Å²) in [6.07, 6.45) is 2.99. The zero-order chi connectivity index (χ0) is 9.97. The zero-order valence-corrected chi connectivity index (χ0v) is 9.04. The first-order valence-electron chi connectivity index (χ1n) is 4.86. The molecule has 1 aromatic rings. The number of rotatable bonds is 2. The molecule has 2 rings (SSSR count). The number of hydrogen-bond donors (Lipinski definition) is 0. The van der Waals surface area contributed by atoms with Gasteiger partial charge in [-0.1, -0.05) is 0 Å². The molecule has 0 amide bonds. The molecule has 0 bridgehead atoms. The number of hydrogen-bond acceptors (Lipinski definition) is 3. The molecule has 4 heteroatoms. The molecule has 0 N–H and O–H groups in total. The molecular weight excluding hydrogens is 198 g/mol. The van der Waals surface area contributed by atoms with Gasteiger partial charge in [-0.05, 0) is 26.1 Å². The van der Waals surface area contributed by atoms with E-state index < -0.39 is 0 Å². The van der Waals surface area contributed by atoms with Crippen molar-refractivity contribution in [3.63, 3.8) is 0 Å². The molecule has 76 valence electrons. The first-order chi connectivity index (χ1) is 6.79. The summed E-state index contributed by atoms with van der Waals surface area (Å²) in [4.78, 5) is 10.9. The molecule has 0 spiro atoms. The van der Waals surface area contributed by atoms with Gasteiger partial charge >= 0.3 is 0 Å². The number of alkyl halides is 1. The maximum atomic E-state index is 5.70. The molecule has 0 aliphatic carbocycles. The summed E-state index contributed by atoms with van der Waals surface area (Å²) in [5.74, 6) is 1.69. The van der Waals surface area contributed by atoms with E-state index in [0.717, 1.165) is 24.6 Å². The highest BCUT2D eigenvalue weighted by atomic mass is 35.5. The fourth-order valence-electron chi connectivity index (χ4n) is 1.88. The van der Waals surface area contributed by atoms with E-state index in [1.807, 2.05) is 6.07 Å². The lowest BCUT2D eigenvalue weighted by molar-refractivity contribution is 0.410. The summed E-state index contributed by atoms with van der Waals surface area (Å²) < 4.78 is 0. The van der Waals surface area contributed by atoms with Gasteiger partial charge in [0.05, 0.1) is 5.88 Å². The quantitative estimate of drug-likeness (QED) is 0.697. The van der Waals surface area contributed by atoms with Crippen LogP contribution in [0.4, 0.5) is 0 Å². The van der Waals surface area contributed by atoms with Crippen LogP contribution in [-0.4, -0.2) is 35.0 Å². The monoisotopic (exact) mass is 211 g/mol. The molecule has 1 unspecified atom stereocenters. The molecule has 3 nitrogen and oxygen atoms in total. The lowest BCUT2D eigenvalue weighted by Gasteiger charge is -2.09. The predicted molar refractivity (Wildman–Crippen MR) is 56.4 cm³/mol. The third-order valence-corrected chi connectivity index (χ3v) is 2.90. The van der Waals surface area contributed by atoms with Crippen LogP contribution in [-0.2, 0) is 5.88 Å². The van der Waals surface area contributed by atoms with Crippen LogP contribution in [0.15, 0.2) is 12.3 Å². The Kier molecular flexibility index (Phi) is 2.99. The van der Waals surface area contributed by atoms with Gasteiger partial charge in [0.15, 0.2) is 0 Å². The average Bonchev–Trinajstić information content (AvgIpc) is 2.65. The number of aromatic nitrogens is 2. The van der Waals surface area contributed by atoms with Gasteiger partial charge in [0.1, 0.15) is 5.82 Å². The molecule has 14 heavy (non-hydrogen) atoms. The van der Waals surface area contributed by atoms with Crippen LogP contribution >= 0.6 is 11.6 Å². The predicted octanol–water partition coefficient (Wildman–Crippen LogP) is 1.63. The van der Waals surface area contributed by atoms with Crippen molar-refractivity contribution in [1.82, 2.24) is 14.9 Å². The molecule has 0 saturated carbocycles. The van der Waals surface area contributed by atoms with E-state index in [-0.39, 0.29) is 0 Å². The van der Waals surface area contributed by atoms with Crippen molar-refractivity contribution < 1.29 is 0 Å². The largest absolute Gasteiger partial charge is 0.306 e. The normalized spacial score (nSPS) is 22.9. The van der Waals surface area contributed by atoms with Gasteiger partial charge in [-0.25, -0.2) is 9.97 Å². The Morgan fingerprint density at radius 2 is 2.50 bits per heavy atom. The van der Waals surface area contributed by atoms with Crippen molar-refractivity contribution in [3.8, 4) is 0 Å². The van der Waals surface area contributed by atoms with E-state index in [9.17, 15) is 0 Å². The fraction of sp³-hybridized carbons (Fsp3) is 0.600. The summed E-state index contributed by atoms with van der Waals surface area (Å²) in [6, 6.07) is 2.00. The van der Waals surface area contributed by atoms with Crippen LogP contribution in [0.25, 0.3) is 0 Å². The molecule has 1 aliphatic heterocycles. The molecule has 0 radical (unpaired) electrons. The topological polar surface area (TPSA) is 29.0 Å². The number of likely N-dealkylation sites (N-methyl/N-ethyl adjacent to an activating group) is 1. The Labute approximate surface area is 89.1 Å². The molecule has 2 heterocycles. The van der Waals surface area contributed by atoms with Gasteiger partial charge in [0, 0.05) is 24.4 Å². The lowest BCUT2D eigenvalue weighted by Crippen LogP contribution is -2.14. The molecular formula is C10H14ClN3. The van der Waals surface area contributed by atoms with Crippen molar-refractivity contribution in [3.05, 3.63) is 23.8 Å². The van der Waals surface area contributed by atoms with Gasteiger partial charge in [-0.2, -0.15) is 0 Å². The molecule has 0 aromatic carbocycles. The van der Waals surface area contributed by atoms with E-state index >= 15 is 0 Å². The molecule has 1 aromatic heterocycles. The standard InChI is InChI=1S/C10H14ClN3/c1-14-5-3-8(7-14)9-2-4-12-10(6-11)13-9/h2,4,8H,3,5-7H2,1H3. The van der Waals surface area contributed by atoms with Gasteiger partial charge in [0.2, 0.25) is 0 Å². The molecule has 1 fully saturated rings. The van der Waals surface area contributed by atoms with E-state index in [1.54, 1.807) is 6.20 Å². The minimum atomic E-state index is 0.399. The highest BCUT2D eigenvalue weighted by Gasteiger charge is 2.22. The van der Waals surface area contributed by atoms with Crippen LogP contribution in [0.3, 0.4) is 0 Å². The Bertz CT molecular complexity index is 316. The second-order valence-electron chi connectivity index (χ2n) is 3.78. The van der Waals surface area contributed by atoms with Crippen molar-refractivity contribution >= 4 is 11.6 Å². The summed E-state index contributed by atoms with van der Waals surface area (Å²) >= 11 is 5.70. The van der Waals surface area contributed by atoms with Crippen LogP contribution in [0, 0.1) is 0 Å². The van der Waals surface area contributed by atoms with Crippen molar-refractivity contribution in [2.45, 2.75) is 18.2 Å². The number of halogens is 1. The zero-order valence-electron chi connectivity index (χ0n) is 8.28. The first kappa shape index (κ1) is 9.87. The highest BCUT2D eigenvalue weighted by molar-refractivity contribution is 6.16. The Morgan fingerprint density at radius 1 is 1.64 bits per heavy atom. The SMILES string of the molecule is CN1CCC(c2ccnc(CCl)n2)C1. The third kappa shape index (κ3) is 2.04. The van der Waals surface area contributed by atoms with E-state index in [1.165, 1.54) is 6.42 Å². The van der Waals surface area contributed by atoms with Crippen LogP contribution in [0.2, 0.25) is 0 Å². The Hall–Kier alpha value is -0.670. The molecule has 1 atom stereocenters. The van der Waals surface area contributed by atoms with Gasteiger partial charge < -0.3 is 4.90 Å². The average molecular weight is 212 g/mol. The summed E-state index contributed by atoms with van der Waals surface area (Å²) in [5, 5.41) is 0. The van der Waals surface area contributed by atoms with Gasteiger partial charge in [-0.3, -0.25) is 0 Å². The summed E-state index contributed by atoms with van der Waals surface area (Å²) in [6.45, 7) is 2.25. The van der Waals surface area contributed by atoms with E-state index in [4.69, 9.17) is 11.6 Å². The summed E-state index contributed by atoms with van der Waals surface area (Å²) in [5.41, 5.74) is 1.14. The minimum Gasteiger partial charge on any atom is -0.306 e. The highest BCUT2D eigenvalue weighted by Crippen LogP contribution is 2.24. The molecule has 1 aliphatic rings. The maximum absolute atomic E-state index is 5.70. The number of likely N-dealkylation sites (tertiary alicyclic amines) is 1. The van der Waals surface area contributed by atoms with E-state index in [0.29, 0.717) is 11.8 Å². The van der Waals surface area contributed by atoms with Crippen LogP contribution in [0.1, 0.15) is 23.9 Å². The lowest BCUT2D eigenvalue weighted by atomic mass is 10.1. The second kappa shape index (κ2) is 4.24. The maximum Gasteiger partial charge on any atom is 0.143 e. The third-order valence-electron chi connectivity index (χ3n) is 2.66.